The number of anilines is 1. The molecular formula is C29H24ClN3O3. The Morgan fingerprint density at radius 2 is 1.39 bits per heavy atom. The van der Waals surface area contributed by atoms with Crippen LogP contribution in [-0.4, -0.2) is 24.6 Å². The molecule has 4 aromatic carbocycles. The van der Waals surface area contributed by atoms with Gasteiger partial charge in [-0.1, -0.05) is 84.4 Å². The second-order valence-electron chi connectivity index (χ2n) is 7.87. The van der Waals surface area contributed by atoms with Gasteiger partial charge in [0, 0.05) is 0 Å². The molecule has 4 rings (SSSR count). The summed E-state index contributed by atoms with van der Waals surface area (Å²) in [6.07, 6.45) is 1.55. The van der Waals surface area contributed by atoms with E-state index >= 15 is 0 Å². The third kappa shape index (κ3) is 6.81. The van der Waals surface area contributed by atoms with Crippen molar-refractivity contribution in [2.24, 2.45) is 5.10 Å². The average Bonchev–Trinajstić information content (AvgIpc) is 2.91. The van der Waals surface area contributed by atoms with Gasteiger partial charge in [0.05, 0.1) is 22.8 Å². The molecule has 0 bridgehead atoms. The van der Waals surface area contributed by atoms with Gasteiger partial charge < -0.3 is 10.1 Å². The number of halogens is 1. The average molecular weight is 498 g/mol. The molecule has 0 atom stereocenters. The van der Waals surface area contributed by atoms with E-state index in [2.05, 4.69) is 15.8 Å². The topological polar surface area (TPSA) is 79.8 Å². The molecule has 180 valence electrons. The van der Waals surface area contributed by atoms with E-state index in [1.165, 1.54) is 0 Å². The molecule has 4 aromatic rings. The number of amides is 2. The summed E-state index contributed by atoms with van der Waals surface area (Å²) in [6.45, 7) is -0.158. The first kappa shape index (κ1) is 24.7. The molecule has 0 radical (unpaired) electrons. The van der Waals surface area contributed by atoms with E-state index in [0.29, 0.717) is 16.5 Å². The van der Waals surface area contributed by atoms with Crippen LogP contribution in [0, 0.1) is 0 Å². The quantitative estimate of drug-likeness (QED) is 0.232. The number of para-hydroxylation sites is 1. The van der Waals surface area contributed by atoms with Crippen molar-refractivity contribution in [3.05, 3.63) is 131 Å². The van der Waals surface area contributed by atoms with E-state index in [1.807, 2.05) is 60.7 Å². The van der Waals surface area contributed by atoms with Crippen molar-refractivity contribution in [3.8, 4) is 5.75 Å². The van der Waals surface area contributed by atoms with Gasteiger partial charge in [-0.05, 0) is 53.1 Å². The van der Waals surface area contributed by atoms with Gasteiger partial charge in [0.15, 0.2) is 6.61 Å². The maximum atomic E-state index is 13.0. The normalized spacial score (nSPS) is 10.8. The zero-order valence-corrected chi connectivity index (χ0v) is 20.1. The van der Waals surface area contributed by atoms with Gasteiger partial charge in [0.25, 0.3) is 11.8 Å². The van der Waals surface area contributed by atoms with Crippen molar-refractivity contribution in [1.82, 2.24) is 5.43 Å². The monoisotopic (exact) mass is 497 g/mol. The van der Waals surface area contributed by atoms with Gasteiger partial charge in [0.2, 0.25) is 0 Å². The molecule has 7 heteroatoms. The van der Waals surface area contributed by atoms with Crippen molar-refractivity contribution in [2.75, 3.05) is 11.9 Å². The second kappa shape index (κ2) is 12.3. The fourth-order valence-corrected chi connectivity index (χ4v) is 3.75. The molecule has 0 aliphatic rings. The zero-order valence-electron chi connectivity index (χ0n) is 19.3. The minimum absolute atomic E-state index is 0.158. The van der Waals surface area contributed by atoms with Crippen molar-refractivity contribution >= 4 is 35.3 Å². The Labute approximate surface area is 214 Å². The number of hydrogen-bond donors (Lipinski definition) is 2. The highest BCUT2D eigenvalue weighted by atomic mass is 35.5. The van der Waals surface area contributed by atoms with E-state index in [9.17, 15) is 9.59 Å². The Morgan fingerprint density at radius 3 is 2.00 bits per heavy atom. The van der Waals surface area contributed by atoms with Gasteiger partial charge >= 0.3 is 0 Å². The molecule has 2 N–H and O–H groups in total. The number of carbonyl (C=O) groups is 2. The number of ether oxygens (including phenoxy) is 1. The summed E-state index contributed by atoms with van der Waals surface area (Å²) in [7, 11) is 0. The SMILES string of the molecule is O=C(COc1ccc(/C=N/NC(=O)C(c2ccccc2)c2ccccc2)cc1)Nc1ccccc1Cl. The first-order valence-electron chi connectivity index (χ1n) is 11.3. The minimum atomic E-state index is -0.475. The second-order valence-corrected chi connectivity index (χ2v) is 8.28. The third-order valence-corrected chi connectivity index (χ3v) is 5.64. The molecule has 0 aliphatic heterocycles. The van der Waals surface area contributed by atoms with Crippen LogP contribution in [0.3, 0.4) is 0 Å². The number of hydrogen-bond acceptors (Lipinski definition) is 4. The number of rotatable bonds is 9. The number of nitrogens with one attached hydrogen (secondary N) is 2. The summed E-state index contributed by atoms with van der Waals surface area (Å²) in [5.74, 6) is -0.494. The standard InChI is InChI=1S/C29H24ClN3O3/c30-25-13-7-8-14-26(25)32-27(34)20-36-24-17-15-21(16-18-24)19-31-33-29(35)28(22-9-3-1-4-10-22)23-11-5-2-6-12-23/h1-19,28H,20H2,(H,32,34)(H,33,35)/b31-19+. The molecule has 0 aromatic heterocycles. The summed E-state index contributed by atoms with van der Waals surface area (Å²) >= 11 is 6.05. The molecule has 0 unspecified atom stereocenters. The van der Waals surface area contributed by atoms with Crippen molar-refractivity contribution < 1.29 is 14.3 Å². The number of nitrogens with zero attached hydrogens (tertiary/aromatic N) is 1. The summed E-state index contributed by atoms with van der Waals surface area (Å²) in [5, 5.41) is 7.29. The van der Waals surface area contributed by atoms with Crippen LogP contribution in [0.25, 0.3) is 0 Å². The van der Waals surface area contributed by atoms with Crippen LogP contribution in [0.1, 0.15) is 22.6 Å². The first-order chi connectivity index (χ1) is 17.6. The molecule has 0 saturated carbocycles. The fourth-order valence-electron chi connectivity index (χ4n) is 3.57. The van der Waals surface area contributed by atoms with Crippen LogP contribution in [0.15, 0.2) is 114 Å². The van der Waals surface area contributed by atoms with Crippen molar-refractivity contribution in [3.63, 3.8) is 0 Å². The van der Waals surface area contributed by atoms with E-state index in [1.54, 1.807) is 54.7 Å². The summed E-state index contributed by atoms with van der Waals surface area (Å²) in [4.78, 5) is 25.1. The molecule has 0 fully saturated rings. The van der Waals surface area contributed by atoms with E-state index in [-0.39, 0.29) is 18.4 Å². The van der Waals surface area contributed by atoms with Gasteiger partial charge in [-0.15, -0.1) is 0 Å². The maximum absolute atomic E-state index is 13.0. The Hall–Kier alpha value is -4.42. The maximum Gasteiger partial charge on any atom is 0.262 e. The molecule has 2 amide bonds. The van der Waals surface area contributed by atoms with Gasteiger partial charge in [-0.3, -0.25) is 9.59 Å². The smallest absolute Gasteiger partial charge is 0.262 e. The Bertz CT molecular complexity index is 1290. The van der Waals surface area contributed by atoms with Crippen LogP contribution in [0.2, 0.25) is 5.02 Å². The summed E-state index contributed by atoms with van der Waals surface area (Å²) in [6, 6.07) is 33.2. The lowest BCUT2D eigenvalue weighted by Crippen LogP contribution is -2.26. The molecule has 36 heavy (non-hydrogen) atoms. The highest BCUT2D eigenvalue weighted by Gasteiger charge is 2.22. The molecule has 0 heterocycles. The largest absolute Gasteiger partial charge is 0.484 e. The van der Waals surface area contributed by atoms with Crippen LogP contribution in [0.5, 0.6) is 5.75 Å². The van der Waals surface area contributed by atoms with Gasteiger partial charge in [0.1, 0.15) is 5.75 Å². The molecule has 0 spiro atoms. The molecule has 6 nitrogen and oxygen atoms in total. The van der Waals surface area contributed by atoms with Gasteiger partial charge in [-0.25, -0.2) is 5.43 Å². The third-order valence-electron chi connectivity index (χ3n) is 5.31. The lowest BCUT2D eigenvalue weighted by atomic mass is 9.91. The van der Waals surface area contributed by atoms with Crippen LogP contribution in [0.4, 0.5) is 5.69 Å². The van der Waals surface area contributed by atoms with E-state index < -0.39 is 5.92 Å². The van der Waals surface area contributed by atoms with Crippen LogP contribution >= 0.6 is 11.6 Å². The molecule has 0 saturated heterocycles. The lowest BCUT2D eigenvalue weighted by Gasteiger charge is -2.16. The Morgan fingerprint density at radius 1 is 0.806 bits per heavy atom. The van der Waals surface area contributed by atoms with Crippen LogP contribution in [-0.2, 0) is 9.59 Å². The molecular weight excluding hydrogens is 474 g/mol. The fraction of sp³-hybridized carbons (Fsp3) is 0.0690. The summed E-state index contributed by atoms with van der Waals surface area (Å²) in [5.41, 5.74) is 5.71. The zero-order chi connectivity index (χ0) is 25.2. The van der Waals surface area contributed by atoms with Crippen molar-refractivity contribution in [1.29, 1.82) is 0 Å². The highest BCUT2D eigenvalue weighted by molar-refractivity contribution is 6.33. The number of hydrazone groups is 1. The number of carbonyl (C=O) groups excluding carboxylic acids is 2. The van der Waals surface area contributed by atoms with E-state index in [4.69, 9.17) is 16.3 Å². The lowest BCUT2D eigenvalue weighted by molar-refractivity contribution is -0.121. The minimum Gasteiger partial charge on any atom is -0.484 e. The Kier molecular flexibility index (Phi) is 8.46. The summed E-state index contributed by atoms with van der Waals surface area (Å²) < 4.78 is 5.54. The predicted molar refractivity (Wildman–Crippen MR) is 142 cm³/mol. The predicted octanol–water partition coefficient (Wildman–Crippen LogP) is 5.64. The molecule has 0 aliphatic carbocycles. The highest BCUT2D eigenvalue weighted by Crippen LogP contribution is 2.25. The first-order valence-corrected chi connectivity index (χ1v) is 11.7. The van der Waals surface area contributed by atoms with E-state index in [0.717, 1.165) is 16.7 Å². The number of benzene rings is 4. The van der Waals surface area contributed by atoms with Crippen molar-refractivity contribution in [2.45, 2.75) is 5.92 Å². The van der Waals surface area contributed by atoms with Gasteiger partial charge in [-0.2, -0.15) is 5.10 Å². The van der Waals surface area contributed by atoms with Crippen LogP contribution < -0.4 is 15.5 Å². The Balaban J connectivity index is 1.32.